The Morgan fingerprint density at radius 1 is 1.35 bits per heavy atom. The summed E-state index contributed by atoms with van der Waals surface area (Å²) in [5, 5.41) is 11.7. The number of hydrogen-bond donors (Lipinski definition) is 1. The van der Waals surface area contributed by atoms with Gasteiger partial charge in [-0.25, -0.2) is 12.7 Å². The predicted octanol–water partition coefficient (Wildman–Crippen LogP) is 2.01. The Balaban J connectivity index is 2.21. The van der Waals surface area contributed by atoms with Gasteiger partial charge in [0.05, 0.1) is 7.11 Å². The van der Waals surface area contributed by atoms with Gasteiger partial charge in [-0.15, -0.1) is 10.2 Å². The van der Waals surface area contributed by atoms with Gasteiger partial charge in [-0.1, -0.05) is 24.3 Å². The summed E-state index contributed by atoms with van der Waals surface area (Å²) in [5.41, 5.74) is 0.549. The molecule has 0 aliphatic carbocycles. The van der Waals surface area contributed by atoms with Crippen LogP contribution in [0.4, 0.5) is 5.13 Å². The highest BCUT2D eigenvalue weighted by Crippen LogP contribution is 2.27. The average molecular weight is 396 g/mol. The normalized spacial score (nSPS) is 11.9. The predicted molar refractivity (Wildman–Crippen MR) is 101 cm³/mol. The number of sulfonamides is 1. The third-order valence-electron chi connectivity index (χ3n) is 3.37. The number of rotatable bonds is 7. The van der Waals surface area contributed by atoms with Gasteiger partial charge in [-0.3, -0.25) is 10.1 Å². The molecule has 0 radical (unpaired) electrons. The zero-order valence-corrected chi connectivity index (χ0v) is 16.5. The Kier molecular flexibility index (Phi) is 6.46. The number of methoxy groups -OCH3 is 1. The summed E-state index contributed by atoms with van der Waals surface area (Å²) in [6.07, 6.45) is 3.57. The molecule has 0 saturated carbocycles. The first-order valence-electron chi connectivity index (χ1n) is 7.70. The second-order valence-electron chi connectivity index (χ2n) is 5.37. The van der Waals surface area contributed by atoms with E-state index in [9.17, 15) is 13.2 Å². The minimum absolute atomic E-state index is 0.0317. The summed E-state index contributed by atoms with van der Waals surface area (Å²) in [7, 11) is 0.614. The van der Waals surface area contributed by atoms with E-state index in [0.717, 1.165) is 15.7 Å². The molecule has 8 nitrogen and oxygen atoms in total. The SMILES string of the molecule is CCc1nnc(NC(=O)/C=C/c2ccc(OC)c(S(=O)(=O)N(C)C)c2)s1. The summed E-state index contributed by atoms with van der Waals surface area (Å²) in [4.78, 5) is 12.0. The molecule has 10 heteroatoms. The van der Waals surface area contributed by atoms with E-state index in [-0.39, 0.29) is 16.6 Å². The zero-order chi connectivity index (χ0) is 19.3. The van der Waals surface area contributed by atoms with Crippen LogP contribution in [0.25, 0.3) is 6.08 Å². The Labute approximate surface area is 156 Å². The number of aryl methyl sites for hydroxylation is 1. The zero-order valence-electron chi connectivity index (χ0n) is 14.9. The molecule has 0 unspecified atom stereocenters. The van der Waals surface area contributed by atoms with Crippen molar-refractivity contribution in [2.24, 2.45) is 0 Å². The van der Waals surface area contributed by atoms with Crippen LogP contribution in [-0.4, -0.2) is 50.0 Å². The van der Waals surface area contributed by atoms with Crippen molar-refractivity contribution in [1.29, 1.82) is 0 Å². The maximum Gasteiger partial charge on any atom is 0.250 e. The van der Waals surface area contributed by atoms with E-state index in [2.05, 4.69) is 15.5 Å². The number of aromatic nitrogens is 2. The number of ether oxygens (including phenoxy) is 1. The van der Waals surface area contributed by atoms with Gasteiger partial charge in [-0.2, -0.15) is 0 Å². The topological polar surface area (TPSA) is 101 Å². The van der Waals surface area contributed by atoms with Crippen molar-refractivity contribution in [3.05, 3.63) is 34.8 Å². The van der Waals surface area contributed by atoms with Crippen LogP contribution in [0, 0.1) is 0 Å². The monoisotopic (exact) mass is 396 g/mol. The molecular weight excluding hydrogens is 376 g/mol. The summed E-state index contributed by atoms with van der Waals surface area (Å²) in [6.45, 7) is 1.95. The highest BCUT2D eigenvalue weighted by atomic mass is 32.2. The van der Waals surface area contributed by atoms with Crippen molar-refractivity contribution in [3.63, 3.8) is 0 Å². The first-order chi connectivity index (χ1) is 12.3. The van der Waals surface area contributed by atoms with E-state index in [1.54, 1.807) is 12.1 Å². The van der Waals surface area contributed by atoms with Gasteiger partial charge < -0.3 is 4.74 Å². The van der Waals surface area contributed by atoms with Crippen molar-refractivity contribution >= 4 is 38.5 Å². The Morgan fingerprint density at radius 2 is 2.08 bits per heavy atom. The quantitative estimate of drug-likeness (QED) is 0.719. The molecule has 1 N–H and O–H groups in total. The maximum absolute atomic E-state index is 12.4. The Hall–Kier alpha value is -2.30. The molecule has 0 saturated heterocycles. The minimum atomic E-state index is -3.67. The van der Waals surface area contributed by atoms with Crippen molar-refractivity contribution in [2.75, 3.05) is 26.5 Å². The molecule has 0 atom stereocenters. The highest BCUT2D eigenvalue weighted by Gasteiger charge is 2.22. The van der Waals surface area contributed by atoms with Crippen LogP contribution in [0.3, 0.4) is 0 Å². The minimum Gasteiger partial charge on any atom is -0.495 e. The smallest absolute Gasteiger partial charge is 0.250 e. The van der Waals surface area contributed by atoms with Gasteiger partial charge in [0, 0.05) is 20.2 Å². The molecule has 1 aromatic heterocycles. The summed E-state index contributed by atoms with van der Waals surface area (Å²) >= 11 is 1.31. The number of nitrogens with one attached hydrogen (secondary N) is 1. The second-order valence-corrected chi connectivity index (χ2v) is 8.56. The van der Waals surface area contributed by atoms with Crippen LogP contribution in [0.2, 0.25) is 0 Å². The molecule has 0 spiro atoms. The number of benzene rings is 1. The van der Waals surface area contributed by atoms with E-state index in [4.69, 9.17) is 4.74 Å². The van der Waals surface area contributed by atoms with Crippen molar-refractivity contribution < 1.29 is 17.9 Å². The molecule has 1 aromatic carbocycles. The lowest BCUT2D eigenvalue weighted by Gasteiger charge is -2.14. The van der Waals surface area contributed by atoms with E-state index in [1.807, 2.05) is 6.92 Å². The molecule has 1 heterocycles. The molecule has 2 rings (SSSR count). The van der Waals surface area contributed by atoms with Gasteiger partial charge in [0.15, 0.2) is 0 Å². The molecule has 0 aliphatic heterocycles. The largest absolute Gasteiger partial charge is 0.495 e. The fourth-order valence-corrected chi connectivity index (χ4v) is 3.73. The third kappa shape index (κ3) is 4.65. The first-order valence-corrected chi connectivity index (χ1v) is 9.95. The average Bonchev–Trinajstić information content (AvgIpc) is 3.07. The van der Waals surface area contributed by atoms with Gasteiger partial charge in [0.25, 0.3) is 0 Å². The molecular formula is C16H20N4O4S2. The maximum atomic E-state index is 12.4. The van der Waals surface area contributed by atoms with Crippen LogP contribution >= 0.6 is 11.3 Å². The lowest BCUT2D eigenvalue weighted by molar-refractivity contribution is -0.111. The van der Waals surface area contributed by atoms with E-state index in [1.165, 1.54) is 50.8 Å². The number of carbonyl (C=O) groups is 1. The standard InChI is InChI=1S/C16H20N4O4S2/c1-5-15-18-19-16(25-15)17-14(21)9-7-11-6-8-12(24-4)13(10-11)26(22,23)20(2)3/h6-10H,5H2,1-4H3,(H,17,19,21)/b9-7+. The molecule has 140 valence electrons. The van der Waals surface area contributed by atoms with E-state index < -0.39 is 10.0 Å². The van der Waals surface area contributed by atoms with Crippen LogP contribution in [0.5, 0.6) is 5.75 Å². The third-order valence-corrected chi connectivity index (χ3v) is 6.19. The van der Waals surface area contributed by atoms with Crippen molar-refractivity contribution in [1.82, 2.24) is 14.5 Å². The van der Waals surface area contributed by atoms with Crippen LogP contribution < -0.4 is 10.1 Å². The Morgan fingerprint density at radius 3 is 2.65 bits per heavy atom. The summed E-state index contributed by atoms with van der Waals surface area (Å²) < 4.78 is 31.0. The number of hydrogen-bond acceptors (Lipinski definition) is 7. The van der Waals surface area contributed by atoms with Gasteiger partial charge in [0.2, 0.25) is 21.1 Å². The van der Waals surface area contributed by atoms with E-state index in [0.29, 0.717) is 10.7 Å². The lowest BCUT2D eigenvalue weighted by atomic mass is 10.2. The van der Waals surface area contributed by atoms with Gasteiger partial charge >= 0.3 is 0 Å². The molecule has 0 fully saturated rings. The number of anilines is 1. The van der Waals surface area contributed by atoms with Crippen LogP contribution in [0.1, 0.15) is 17.5 Å². The highest BCUT2D eigenvalue weighted by molar-refractivity contribution is 7.89. The molecule has 26 heavy (non-hydrogen) atoms. The molecule has 0 bridgehead atoms. The fraction of sp³-hybridized carbons (Fsp3) is 0.312. The van der Waals surface area contributed by atoms with Crippen LogP contribution in [-0.2, 0) is 21.2 Å². The first kappa shape index (κ1) is 20.0. The van der Waals surface area contributed by atoms with Crippen LogP contribution in [0.15, 0.2) is 29.2 Å². The second kappa shape index (κ2) is 8.39. The summed E-state index contributed by atoms with van der Waals surface area (Å²) in [5.74, 6) is -0.141. The van der Waals surface area contributed by atoms with Gasteiger partial charge in [-0.05, 0) is 30.2 Å². The number of amides is 1. The molecule has 0 aliphatic rings. The number of nitrogens with zero attached hydrogens (tertiary/aromatic N) is 3. The van der Waals surface area contributed by atoms with Crippen molar-refractivity contribution in [2.45, 2.75) is 18.2 Å². The van der Waals surface area contributed by atoms with E-state index >= 15 is 0 Å². The molecule has 2 aromatic rings. The molecule has 1 amide bonds. The van der Waals surface area contributed by atoms with Crippen molar-refractivity contribution in [3.8, 4) is 5.75 Å². The van der Waals surface area contributed by atoms with Gasteiger partial charge in [0.1, 0.15) is 15.7 Å². The number of carbonyl (C=O) groups excluding carboxylic acids is 1. The Bertz CT molecular complexity index is 920. The fourth-order valence-electron chi connectivity index (χ4n) is 1.96. The summed E-state index contributed by atoms with van der Waals surface area (Å²) in [6, 6.07) is 4.67. The lowest BCUT2D eigenvalue weighted by Crippen LogP contribution is -2.22.